The van der Waals surface area contributed by atoms with Crippen molar-refractivity contribution in [2.45, 2.75) is 40.0 Å². The van der Waals surface area contributed by atoms with Gasteiger partial charge in [0.15, 0.2) is 9.84 Å². The van der Waals surface area contributed by atoms with Gasteiger partial charge < -0.3 is 10.1 Å². The van der Waals surface area contributed by atoms with Gasteiger partial charge >= 0.3 is 5.97 Å². The molecule has 0 aliphatic heterocycles. The van der Waals surface area contributed by atoms with Crippen molar-refractivity contribution in [1.29, 1.82) is 0 Å². The van der Waals surface area contributed by atoms with Gasteiger partial charge in [-0.15, -0.1) is 11.3 Å². The smallest absolute Gasteiger partial charge is 0.341 e. The van der Waals surface area contributed by atoms with Crippen LogP contribution < -0.4 is 5.32 Å². The van der Waals surface area contributed by atoms with Gasteiger partial charge in [0.1, 0.15) is 10.8 Å². The lowest BCUT2D eigenvalue weighted by molar-refractivity contribution is -0.113. The van der Waals surface area contributed by atoms with Crippen LogP contribution >= 0.6 is 11.3 Å². The number of hydrogen-bond donors (Lipinski definition) is 1. The molecule has 8 heteroatoms. The molecule has 1 aromatic carbocycles. The van der Waals surface area contributed by atoms with Crippen molar-refractivity contribution < 1.29 is 22.7 Å². The number of amides is 1. The summed E-state index contributed by atoms with van der Waals surface area (Å²) in [6.07, 6.45) is 1.70. The van der Waals surface area contributed by atoms with Gasteiger partial charge in [-0.25, -0.2) is 13.2 Å². The number of ether oxygens (including phenoxy) is 1. The quantitative estimate of drug-likeness (QED) is 0.571. The van der Waals surface area contributed by atoms with E-state index in [-0.39, 0.29) is 12.4 Å². The molecule has 0 bridgehead atoms. The van der Waals surface area contributed by atoms with Gasteiger partial charge in [-0.05, 0) is 44.2 Å². The van der Waals surface area contributed by atoms with Crippen molar-refractivity contribution in [3.05, 3.63) is 51.9 Å². The van der Waals surface area contributed by atoms with Crippen molar-refractivity contribution in [3.8, 4) is 0 Å². The van der Waals surface area contributed by atoms with Crippen LogP contribution in [-0.2, 0) is 32.2 Å². The van der Waals surface area contributed by atoms with Crippen LogP contribution in [0.25, 0.3) is 0 Å². The number of carbonyl (C=O) groups is 2. The van der Waals surface area contributed by atoms with Gasteiger partial charge in [0.25, 0.3) is 0 Å². The third-order valence-electron chi connectivity index (χ3n) is 4.41. The molecule has 0 spiro atoms. The van der Waals surface area contributed by atoms with E-state index in [1.165, 1.54) is 11.3 Å². The molecule has 0 aliphatic rings. The Morgan fingerprint density at radius 1 is 1.14 bits per heavy atom. The minimum Gasteiger partial charge on any atom is -0.462 e. The van der Waals surface area contributed by atoms with Crippen LogP contribution in [-0.4, -0.2) is 38.4 Å². The highest BCUT2D eigenvalue weighted by molar-refractivity contribution is 7.92. The first kappa shape index (κ1) is 23.1. The summed E-state index contributed by atoms with van der Waals surface area (Å²) >= 11 is 1.26. The fourth-order valence-corrected chi connectivity index (χ4v) is 5.44. The summed E-state index contributed by atoms with van der Waals surface area (Å²) in [5.41, 5.74) is 2.20. The van der Waals surface area contributed by atoms with Crippen LogP contribution in [0, 0.1) is 6.92 Å². The number of thiophene rings is 1. The first-order valence-corrected chi connectivity index (χ1v) is 12.2. The fraction of sp³-hybridized carbons (Fsp3) is 0.429. The summed E-state index contributed by atoms with van der Waals surface area (Å²) in [4.78, 5) is 25.6. The summed E-state index contributed by atoms with van der Waals surface area (Å²) in [6.45, 7) is 5.71. The topological polar surface area (TPSA) is 89.5 Å². The Morgan fingerprint density at radius 3 is 2.45 bits per heavy atom. The number of carbonyl (C=O) groups excluding carboxylic acids is 2. The molecule has 0 fully saturated rings. The highest BCUT2D eigenvalue weighted by Crippen LogP contribution is 2.34. The number of benzene rings is 1. The van der Waals surface area contributed by atoms with Crippen molar-refractivity contribution in [1.82, 2.24) is 0 Å². The van der Waals surface area contributed by atoms with Gasteiger partial charge in [-0.3, -0.25) is 4.79 Å². The Hall–Kier alpha value is -2.19. The van der Waals surface area contributed by atoms with Crippen LogP contribution in [0.5, 0.6) is 0 Å². The maximum Gasteiger partial charge on any atom is 0.341 e. The molecule has 1 heterocycles. The van der Waals surface area contributed by atoms with E-state index < -0.39 is 27.5 Å². The third kappa shape index (κ3) is 6.68. The van der Waals surface area contributed by atoms with Gasteiger partial charge in [-0.1, -0.05) is 37.3 Å². The number of anilines is 1. The Labute approximate surface area is 176 Å². The third-order valence-corrected chi connectivity index (χ3v) is 7.09. The van der Waals surface area contributed by atoms with E-state index in [0.717, 1.165) is 16.0 Å². The van der Waals surface area contributed by atoms with E-state index in [4.69, 9.17) is 4.74 Å². The molecule has 1 aromatic heterocycles. The molecule has 0 unspecified atom stereocenters. The van der Waals surface area contributed by atoms with Crippen LogP contribution in [0.3, 0.4) is 0 Å². The molecule has 0 radical (unpaired) electrons. The molecule has 0 aliphatic carbocycles. The molecule has 29 heavy (non-hydrogen) atoms. The normalized spacial score (nSPS) is 11.3. The van der Waals surface area contributed by atoms with Crippen LogP contribution in [0.2, 0.25) is 0 Å². The molecule has 1 N–H and O–H groups in total. The Kier molecular flexibility index (Phi) is 8.40. The van der Waals surface area contributed by atoms with Crippen molar-refractivity contribution in [3.63, 3.8) is 0 Å². The standard InChI is InChI=1S/C21H27NO5S2/c1-4-17-15(3)28-20(19(17)21(24)27-5-2)22-18(23)14-29(25,26)13-9-12-16-10-7-6-8-11-16/h6-8,10-11H,4-5,9,12-14H2,1-3H3,(H,22,23). The highest BCUT2D eigenvalue weighted by atomic mass is 32.2. The second-order valence-electron chi connectivity index (χ2n) is 6.64. The first-order valence-electron chi connectivity index (χ1n) is 9.61. The molecule has 0 atom stereocenters. The molecule has 0 saturated heterocycles. The second-order valence-corrected chi connectivity index (χ2v) is 10.1. The lowest BCUT2D eigenvalue weighted by Gasteiger charge is -2.08. The van der Waals surface area contributed by atoms with Gasteiger partial charge in [0.2, 0.25) is 5.91 Å². The maximum absolute atomic E-state index is 12.4. The maximum atomic E-state index is 12.4. The summed E-state index contributed by atoms with van der Waals surface area (Å²) < 4.78 is 29.7. The monoisotopic (exact) mass is 437 g/mol. The van der Waals surface area contributed by atoms with Crippen LogP contribution in [0.4, 0.5) is 5.00 Å². The predicted octanol–water partition coefficient (Wildman–Crippen LogP) is 3.78. The summed E-state index contributed by atoms with van der Waals surface area (Å²) in [7, 11) is -3.55. The SMILES string of the molecule is CCOC(=O)c1c(NC(=O)CS(=O)(=O)CCCc2ccccc2)sc(C)c1CC. The molecular formula is C21H27NO5S2. The van der Waals surface area contributed by atoms with Crippen molar-refractivity contribution in [2.24, 2.45) is 0 Å². The number of nitrogens with one attached hydrogen (secondary N) is 1. The number of hydrogen-bond acceptors (Lipinski definition) is 6. The largest absolute Gasteiger partial charge is 0.462 e. The minimum absolute atomic E-state index is 0.0657. The Bertz CT molecular complexity index is 949. The highest BCUT2D eigenvalue weighted by Gasteiger charge is 2.25. The zero-order valence-electron chi connectivity index (χ0n) is 17.0. The fourth-order valence-electron chi connectivity index (χ4n) is 3.09. The van der Waals surface area contributed by atoms with Gasteiger partial charge in [0, 0.05) is 4.88 Å². The second kappa shape index (κ2) is 10.5. The number of rotatable bonds is 10. The summed E-state index contributed by atoms with van der Waals surface area (Å²) in [5.74, 6) is -1.82. The molecule has 158 valence electrons. The number of esters is 1. The van der Waals surface area contributed by atoms with E-state index in [1.807, 2.05) is 44.2 Å². The molecule has 6 nitrogen and oxygen atoms in total. The van der Waals surface area contributed by atoms with Crippen LogP contribution in [0.15, 0.2) is 30.3 Å². The average Bonchev–Trinajstić information content (AvgIpc) is 2.96. The molecule has 2 rings (SSSR count). The van der Waals surface area contributed by atoms with E-state index >= 15 is 0 Å². The lowest BCUT2D eigenvalue weighted by atomic mass is 10.1. The zero-order valence-corrected chi connectivity index (χ0v) is 18.6. The minimum atomic E-state index is -3.55. The first-order chi connectivity index (χ1) is 13.8. The van der Waals surface area contributed by atoms with E-state index in [1.54, 1.807) is 6.92 Å². The van der Waals surface area contributed by atoms with Crippen molar-refractivity contribution in [2.75, 3.05) is 23.4 Å². The summed E-state index contributed by atoms with van der Waals surface area (Å²) in [6, 6.07) is 9.62. The zero-order chi connectivity index (χ0) is 21.4. The van der Waals surface area contributed by atoms with Gasteiger partial charge in [-0.2, -0.15) is 0 Å². The van der Waals surface area contributed by atoms with E-state index in [0.29, 0.717) is 29.8 Å². The number of sulfone groups is 1. The molecule has 0 saturated carbocycles. The summed E-state index contributed by atoms with van der Waals surface area (Å²) in [5, 5.41) is 2.96. The predicted molar refractivity (Wildman–Crippen MR) is 116 cm³/mol. The lowest BCUT2D eigenvalue weighted by Crippen LogP contribution is -2.25. The Balaban J connectivity index is 2.01. The number of aryl methyl sites for hydroxylation is 2. The Morgan fingerprint density at radius 2 is 1.83 bits per heavy atom. The van der Waals surface area contributed by atoms with Crippen LogP contribution in [0.1, 0.15) is 46.6 Å². The van der Waals surface area contributed by atoms with E-state index in [9.17, 15) is 18.0 Å². The molecular weight excluding hydrogens is 410 g/mol. The molecule has 1 amide bonds. The van der Waals surface area contributed by atoms with Gasteiger partial charge in [0.05, 0.1) is 17.9 Å². The molecule has 2 aromatic rings. The average molecular weight is 438 g/mol. The van der Waals surface area contributed by atoms with E-state index in [2.05, 4.69) is 5.32 Å². The van der Waals surface area contributed by atoms with Crippen molar-refractivity contribution >= 4 is 38.1 Å².